The third-order valence-electron chi connectivity index (χ3n) is 2.77. The standard InChI is InChI=1S/C12H13NOS/c1-2-7-11-9(5-1)13-12(15-11)10-6-3-4-8-14-10/h1-2,5,7,10H,3-4,6,8H2. The first kappa shape index (κ1) is 9.31. The molecule has 1 fully saturated rings. The van der Waals surface area contributed by atoms with Crippen LogP contribution in [0.25, 0.3) is 10.2 Å². The van der Waals surface area contributed by atoms with Gasteiger partial charge in [-0.1, -0.05) is 12.1 Å². The molecule has 1 aromatic heterocycles. The second-order valence-electron chi connectivity index (χ2n) is 3.88. The van der Waals surface area contributed by atoms with Crippen LogP contribution in [0.5, 0.6) is 0 Å². The highest BCUT2D eigenvalue weighted by Gasteiger charge is 2.19. The highest BCUT2D eigenvalue weighted by Crippen LogP contribution is 2.33. The monoisotopic (exact) mass is 219 g/mol. The van der Waals surface area contributed by atoms with Crippen molar-refractivity contribution >= 4 is 21.6 Å². The maximum Gasteiger partial charge on any atom is 0.123 e. The van der Waals surface area contributed by atoms with Crippen LogP contribution in [0.1, 0.15) is 30.4 Å². The van der Waals surface area contributed by atoms with Gasteiger partial charge in [0.1, 0.15) is 11.1 Å². The van der Waals surface area contributed by atoms with Crippen LogP contribution in [0.2, 0.25) is 0 Å². The summed E-state index contributed by atoms with van der Waals surface area (Å²) < 4.78 is 7.01. The smallest absolute Gasteiger partial charge is 0.123 e. The fraction of sp³-hybridized carbons (Fsp3) is 0.417. The molecule has 1 aliphatic rings. The Morgan fingerprint density at radius 3 is 3.00 bits per heavy atom. The number of fused-ring (bicyclic) bond motifs is 1. The number of hydrogen-bond acceptors (Lipinski definition) is 3. The number of nitrogens with zero attached hydrogens (tertiary/aromatic N) is 1. The van der Waals surface area contributed by atoms with Crippen molar-refractivity contribution in [1.82, 2.24) is 4.98 Å². The first-order chi connectivity index (χ1) is 7.43. The van der Waals surface area contributed by atoms with Crippen LogP contribution >= 0.6 is 11.3 Å². The minimum absolute atomic E-state index is 0.246. The van der Waals surface area contributed by atoms with Gasteiger partial charge in [0, 0.05) is 6.61 Å². The molecule has 15 heavy (non-hydrogen) atoms. The van der Waals surface area contributed by atoms with E-state index in [2.05, 4.69) is 23.2 Å². The van der Waals surface area contributed by atoms with Crippen molar-refractivity contribution in [1.29, 1.82) is 0 Å². The summed E-state index contributed by atoms with van der Waals surface area (Å²) >= 11 is 1.77. The number of ether oxygens (including phenoxy) is 1. The molecule has 0 aliphatic carbocycles. The third-order valence-corrected chi connectivity index (χ3v) is 3.89. The molecule has 78 valence electrons. The molecule has 2 aromatic rings. The van der Waals surface area contributed by atoms with Crippen LogP contribution in [0.4, 0.5) is 0 Å². The van der Waals surface area contributed by atoms with Crippen molar-refractivity contribution in [3.8, 4) is 0 Å². The summed E-state index contributed by atoms with van der Waals surface area (Å²) in [6, 6.07) is 8.29. The van der Waals surface area contributed by atoms with Crippen molar-refractivity contribution < 1.29 is 4.74 Å². The van der Waals surface area contributed by atoms with Gasteiger partial charge in [0.25, 0.3) is 0 Å². The topological polar surface area (TPSA) is 22.1 Å². The fourth-order valence-corrected chi connectivity index (χ4v) is 3.01. The van der Waals surface area contributed by atoms with E-state index in [0.29, 0.717) is 0 Å². The Morgan fingerprint density at radius 2 is 2.20 bits per heavy atom. The molecular formula is C12H13NOS. The number of rotatable bonds is 1. The highest BCUT2D eigenvalue weighted by atomic mass is 32.1. The number of benzene rings is 1. The molecule has 0 N–H and O–H groups in total. The average Bonchev–Trinajstić information content (AvgIpc) is 2.74. The Kier molecular flexibility index (Phi) is 2.43. The Balaban J connectivity index is 1.96. The number of aromatic nitrogens is 1. The molecular weight excluding hydrogens is 206 g/mol. The minimum atomic E-state index is 0.246. The van der Waals surface area contributed by atoms with Crippen molar-refractivity contribution in [2.24, 2.45) is 0 Å². The van der Waals surface area contributed by atoms with E-state index in [9.17, 15) is 0 Å². The van der Waals surface area contributed by atoms with Gasteiger partial charge >= 0.3 is 0 Å². The quantitative estimate of drug-likeness (QED) is 0.732. The molecule has 0 spiro atoms. The van der Waals surface area contributed by atoms with Crippen molar-refractivity contribution in [2.75, 3.05) is 6.61 Å². The largest absolute Gasteiger partial charge is 0.371 e. The third kappa shape index (κ3) is 1.77. The minimum Gasteiger partial charge on any atom is -0.371 e. The second kappa shape index (κ2) is 3.91. The summed E-state index contributed by atoms with van der Waals surface area (Å²) in [5, 5.41) is 1.15. The van der Waals surface area contributed by atoms with Gasteiger partial charge in [0.05, 0.1) is 10.2 Å². The van der Waals surface area contributed by atoms with E-state index in [1.807, 2.05) is 6.07 Å². The number of hydrogen-bond donors (Lipinski definition) is 0. The van der Waals surface area contributed by atoms with Gasteiger partial charge in [-0.2, -0.15) is 0 Å². The molecule has 1 atom stereocenters. The summed E-state index contributed by atoms with van der Waals surface area (Å²) in [7, 11) is 0. The molecule has 0 bridgehead atoms. The maximum absolute atomic E-state index is 5.74. The Bertz CT molecular complexity index is 426. The van der Waals surface area contributed by atoms with Gasteiger partial charge < -0.3 is 4.74 Å². The zero-order chi connectivity index (χ0) is 10.1. The maximum atomic E-state index is 5.74. The number of para-hydroxylation sites is 1. The number of thiazole rings is 1. The molecule has 1 unspecified atom stereocenters. The first-order valence-corrected chi connectivity index (χ1v) is 6.22. The van der Waals surface area contributed by atoms with Crippen LogP contribution in [0.3, 0.4) is 0 Å². The first-order valence-electron chi connectivity index (χ1n) is 5.40. The van der Waals surface area contributed by atoms with Crippen LogP contribution in [0, 0.1) is 0 Å². The van der Waals surface area contributed by atoms with Gasteiger partial charge in [-0.15, -0.1) is 11.3 Å². The molecule has 1 aromatic carbocycles. The van der Waals surface area contributed by atoms with E-state index < -0.39 is 0 Å². The van der Waals surface area contributed by atoms with E-state index in [1.165, 1.54) is 17.5 Å². The lowest BCUT2D eigenvalue weighted by Gasteiger charge is -2.20. The van der Waals surface area contributed by atoms with Crippen LogP contribution < -0.4 is 0 Å². The Labute approximate surface area is 92.9 Å². The Morgan fingerprint density at radius 1 is 1.27 bits per heavy atom. The zero-order valence-electron chi connectivity index (χ0n) is 8.48. The lowest BCUT2D eigenvalue weighted by atomic mass is 10.1. The molecule has 2 heterocycles. The second-order valence-corrected chi connectivity index (χ2v) is 4.94. The average molecular weight is 219 g/mol. The molecule has 0 radical (unpaired) electrons. The van der Waals surface area contributed by atoms with E-state index in [1.54, 1.807) is 11.3 Å². The van der Waals surface area contributed by atoms with Gasteiger partial charge in [-0.05, 0) is 31.4 Å². The predicted molar refractivity (Wildman–Crippen MR) is 62.2 cm³/mol. The van der Waals surface area contributed by atoms with Gasteiger partial charge in [-0.3, -0.25) is 0 Å². The van der Waals surface area contributed by atoms with Crippen LogP contribution in [-0.2, 0) is 4.74 Å². The van der Waals surface area contributed by atoms with Gasteiger partial charge in [0.2, 0.25) is 0 Å². The molecule has 1 aliphatic heterocycles. The summed E-state index contributed by atoms with van der Waals surface area (Å²) in [6.45, 7) is 0.889. The van der Waals surface area contributed by atoms with Crippen LogP contribution in [0.15, 0.2) is 24.3 Å². The van der Waals surface area contributed by atoms with Crippen molar-refractivity contribution in [3.05, 3.63) is 29.3 Å². The Hall–Kier alpha value is -0.930. The van der Waals surface area contributed by atoms with Gasteiger partial charge in [-0.25, -0.2) is 4.98 Å². The van der Waals surface area contributed by atoms with Gasteiger partial charge in [0.15, 0.2) is 0 Å². The normalized spacial score (nSPS) is 22.0. The summed E-state index contributed by atoms with van der Waals surface area (Å²) in [6.07, 6.45) is 3.83. The van der Waals surface area contributed by atoms with Crippen LogP contribution in [-0.4, -0.2) is 11.6 Å². The summed E-state index contributed by atoms with van der Waals surface area (Å²) in [5.74, 6) is 0. The van der Waals surface area contributed by atoms with E-state index >= 15 is 0 Å². The summed E-state index contributed by atoms with van der Waals surface area (Å²) in [5.41, 5.74) is 1.10. The predicted octanol–water partition coefficient (Wildman–Crippen LogP) is 3.54. The van der Waals surface area contributed by atoms with E-state index in [4.69, 9.17) is 4.74 Å². The highest BCUT2D eigenvalue weighted by molar-refractivity contribution is 7.18. The summed E-state index contributed by atoms with van der Waals surface area (Å²) in [4.78, 5) is 4.63. The molecule has 3 heteroatoms. The molecule has 3 rings (SSSR count). The molecule has 2 nitrogen and oxygen atoms in total. The lowest BCUT2D eigenvalue weighted by Crippen LogP contribution is -2.10. The van der Waals surface area contributed by atoms with Crippen molar-refractivity contribution in [3.63, 3.8) is 0 Å². The van der Waals surface area contributed by atoms with E-state index in [-0.39, 0.29) is 6.10 Å². The lowest BCUT2D eigenvalue weighted by molar-refractivity contribution is 0.0149. The van der Waals surface area contributed by atoms with E-state index in [0.717, 1.165) is 23.6 Å². The SMILES string of the molecule is c1ccc2sc(C3CCCCO3)nc2c1. The zero-order valence-corrected chi connectivity index (χ0v) is 9.30. The fourth-order valence-electron chi connectivity index (χ4n) is 1.96. The van der Waals surface area contributed by atoms with Crippen molar-refractivity contribution in [2.45, 2.75) is 25.4 Å². The molecule has 0 saturated carbocycles. The molecule has 1 saturated heterocycles. The molecule has 0 amide bonds.